The number of halogens is 6. The summed E-state index contributed by atoms with van der Waals surface area (Å²) in [6, 6.07) is 5.80. The summed E-state index contributed by atoms with van der Waals surface area (Å²) in [7, 11) is -3.17. The average molecular weight is 261 g/mol. The summed E-state index contributed by atoms with van der Waals surface area (Å²) in [5.41, 5.74) is -5.03. The maximum Gasteiger partial charge on any atom is 0.509 e. The molecule has 1 aromatic rings. The molecule has 8 heteroatoms. The zero-order valence-corrected chi connectivity index (χ0v) is 8.33. The maximum atomic E-state index is 12.4. The monoisotopic (exact) mass is 261 g/mol. The molecule has 0 saturated heterocycles. The molecule has 0 radical (unpaired) electrons. The molecule has 0 saturated carbocycles. The highest BCUT2D eigenvalue weighted by Crippen LogP contribution is 2.32. The molecule has 0 heterocycles. The molecule has 1 rings (SSSR count). The van der Waals surface area contributed by atoms with Crippen molar-refractivity contribution in [3.63, 3.8) is 0 Å². The van der Waals surface area contributed by atoms with Crippen molar-refractivity contribution in [1.29, 1.82) is 0 Å². The summed E-state index contributed by atoms with van der Waals surface area (Å²) in [4.78, 5) is -0.507. The highest BCUT2D eigenvalue weighted by molar-refractivity contribution is 7.88. The van der Waals surface area contributed by atoms with Crippen LogP contribution in [0.5, 0.6) is 0 Å². The lowest BCUT2D eigenvalue weighted by Gasteiger charge is -2.12. The Balaban J connectivity index is 3.24. The van der Waals surface area contributed by atoms with Crippen LogP contribution in [0.15, 0.2) is 39.6 Å². The van der Waals surface area contributed by atoms with Crippen LogP contribution in [0.25, 0.3) is 0 Å². The van der Waals surface area contributed by atoms with Gasteiger partial charge in [0.2, 0.25) is 0 Å². The first kappa shape index (κ1) is 13.0. The molecule has 1 atom stereocenters. The van der Waals surface area contributed by atoms with Crippen LogP contribution in [0.2, 0.25) is 0 Å². The Kier molecular flexibility index (Phi) is 3.61. The molecule has 0 aromatic heterocycles. The zero-order valence-electron chi connectivity index (χ0n) is 7.51. The van der Waals surface area contributed by atoms with Crippen LogP contribution in [0.4, 0.5) is 26.3 Å². The number of nitrogens with zero attached hydrogens (tertiary/aromatic N) is 1. The lowest BCUT2D eigenvalue weighted by atomic mass is 10.4. The van der Waals surface area contributed by atoms with E-state index in [9.17, 15) is 26.3 Å². The summed E-state index contributed by atoms with van der Waals surface area (Å²) in [5, 5.41) is 0. The molecule has 0 bridgehead atoms. The molecule has 0 aliphatic rings. The van der Waals surface area contributed by atoms with Gasteiger partial charge in [0, 0.05) is 15.6 Å². The van der Waals surface area contributed by atoms with Gasteiger partial charge in [-0.2, -0.15) is 13.2 Å². The average Bonchev–Trinajstić information content (AvgIpc) is 2.13. The van der Waals surface area contributed by atoms with E-state index in [-0.39, 0.29) is 0 Å². The second kappa shape index (κ2) is 4.44. The molecule has 1 nitrogen and oxygen atoms in total. The third-order valence-electron chi connectivity index (χ3n) is 1.38. The number of hydrogen-bond acceptors (Lipinski definition) is 1. The van der Waals surface area contributed by atoms with Crippen molar-refractivity contribution < 1.29 is 26.3 Å². The van der Waals surface area contributed by atoms with Crippen LogP contribution in [-0.2, 0) is 10.7 Å². The Labute approximate surface area is 89.2 Å². The van der Waals surface area contributed by atoms with Gasteiger partial charge in [-0.1, -0.05) is 18.2 Å². The van der Waals surface area contributed by atoms with E-state index >= 15 is 0 Å². The minimum absolute atomic E-state index is 0.507. The Morgan fingerprint density at radius 1 is 0.875 bits per heavy atom. The van der Waals surface area contributed by atoms with E-state index in [2.05, 4.69) is 0 Å². The largest absolute Gasteiger partial charge is 0.509 e. The lowest BCUT2D eigenvalue weighted by molar-refractivity contribution is -0.119. The van der Waals surface area contributed by atoms with Gasteiger partial charge in [-0.25, -0.2) is 0 Å². The van der Waals surface area contributed by atoms with Crippen molar-refractivity contribution >= 4 is 10.7 Å². The van der Waals surface area contributed by atoms with Crippen LogP contribution < -0.4 is 0 Å². The Hall–Kier alpha value is -1.05. The smallest absolute Gasteiger partial charge is 0.159 e. The SMILES string of the molecule is FC(F)(F)/N=S(\c1ccccc1)C(F)(F)F. The van der Waals surface area contributed by atoms with Crippen LogP contribution in [0.3, 0.4) is 0 Å². The summed E-state index contributed by atoms with van der Waals surface area (Å²) < 4.78 is 74.5. The van der Waals surface area contributed by atoms with Gasteiger partial charge >= 0.3 is 11.8 Å². The first-order valence-electron chi connectivity index (χ1n) is 3.86. The fraction of sp³-hybridized carbons (Fsp3) is 0.250. The Morgan fingerprint density at radius 3 is 1.75 bits per heavy atom. The number of benzene rings is 1. The van der Waals surface area contributed by atoms with E-state index in [0.717, 1.165) is 12.1 Å². The van der Waals surface area contributed by atoms with E-state index in [4.69, 9.17) is 0 Å². The molecule has 0 fully saturated rings. The lowest BCUT2D eigenvalue weighted by Crippen LogP contribution is -2.19. The molecule has 90 valence electrons. The third-order valence-corrected chi connectivity index (χ3v) is 2.93. The third kappa shape index (κ3) is 3.84. The van der Waals surface area contributed by atoms with Crippen molar-refractivity contribution in [2.24, 2.45) is 4.36 Å². The van der Waals surface area contributed by atoms with E-state index in [1.165, 1.54) is 18.2 Å². The van der Waals surface area contributed by atoms with Gasteiger partial charge in [0.05, 0.1) is 0 Å². The van der Waals surface area contributed by atoms with E-state index in [1.807, 2.05) is 4.36 Å². The maximum absolute atomic E-state index is 12.4. The quantitative estimate of drug-likeness (QED) is 0.537. The van der Waals surface area contributed by atoms with Gasteiger partial charge in [0.1, 0.15) is 0 Å². The van der Waals surface area contributed by atoms with Gasteiger partial charge in [0.15, 0.2) is 0 Å². The van der Waals surface area contributed by atoms with Crippen molar-refractivity contribution in [2.75, 3.05) is 0 Å². The van der Waals surface area contributed by atoms with Crippen LogP contribution >= 0.6 is 0 Å². The molecule has 1 aromatic carbocycles. The fourth-order valence-electron chi connectivity index (χ4n) is 0.891. The molecular weight excluding hydrogens is 256 g/mol. The molecular formula is C8H5F6NS. The fourth-order valence-corrected chi connectivity index (χ4v) is 1.99. The molecule has 0 aliphatic carbocycles. The molecule has 1 unspecified atom stereocenters. The minimum atomic E-state index is -5.20. The normalized spacial score (nSPS) is 15.1. The van der Waals surface area contributed by atoms with Crippen molar-refractivity contribution in [3.8, 4) is 0 Å². The van der Waals surface area contributed by atoms with Crippen molar-refractivity contribution in [1.82, 2.24) is 0 Å². The zero-order chi connectivity index (χ0) is 12.4. The van der Waals surface area contributed by atoms with Crippen LogP contribution in [0, 0.1) is 0 Å². The summed E-state index contributed by atoms with van der Waals surface area (Å²) in [5.74, 6) is 0. The first-order valence-corrected chi connectivity index (χ1v) is 5.04. The molecule has 0 amide bonds. The van der Waals surface area contributed by atoms with Gasteiger partial charge in [-0.05, 0) is 12.1 Å². The second-order valence-corrected chi connectivity index (χ2v) is 4.29. The topological polar surface area (TPSA) is 12.4 Å². The predicted molar refractivity (Wildman–Crippen MR) is 46.6 cm³/mol. The number of hydrogen-bond donors (Lipinski definition) is 0. The van der Waals surface area contributed by atoms with E-state index in [0.29, 0.717) is 0 Å². The van der Waals surface area contributed by atoms with Gasteiger partial charge in [0.25, 0.3) is 0 Å². The summed E-state index contributed by atoms with van der Waals surface area (Å²) >= 11 is 0. The van der Waals surface area contributed by atoms with Crippen LogP contribution in [0.1, 0.15) is 0 Å². The highest BCUT2D eigenvalue weighted by Gasteiger charge is 2.40. The molecule has 0 aliphatic heterocycles. The van der Waals surface area contributed by atoms with Gasteiger partial charge in [-0.15, -0.1) is 17.5 Å². The van der Waals surface area contributed by atoms with E-state index in [1.54, 1.807) is 0 Å². The van der Waals surface area contributed by atoms with Crippen molar-refractivity contribution in [2.45, 2.75) is 16.7 Å². The Morgan fingerprint density at radius 2 is 1.38 bits per heavy atom. The van der Waals surface area contributed by atoms with E-state index < -0.39 is 27.4 Å². The Bertz CT molecular complexity index is 380. The minimum Gasteiger partial charge on any atom is -0.159 e. The first-order chi connectivity index (χ1) is 7.20. The van der Waals surface area contributed by atoms with Crippen LogP contribution in [-0.4, -0.2) is 11.8 Å². The predicted octanol–water partition coefficient (Wildman–Crippen LogP) is 3.89. The number of rotatable bonds is 1. The highest BCUT2D eigenvalue weighted by atomic mass is 32.2. The van der Waals surface area contributed by atoms with Gasteiger partial charge in [-0.3, -0.25) is 0 Å². The second-order valence-electron chi connectivity index (χ2n) is 2.60. The standard InChI is InChI=1S/C8H5F6NS/c9-7(10,11)15-16(8(12,13)14)6-4-2-1-3-5-6/h1-5H. The summed E-state index contributed by atoms with van der Waals surface area (Å²) in [6.45, 7) is 0. The van der Waals surface area contributed by atoms with Crippen molar-refractivity contribution in [3.05, 3.63) is 30.3 Å². The van der Waals surface area contributed by atoms with Gasteiger partial charge < -0.3 is 0 Å². The molecule has 0 spiro atoms. The number of alkyl halides is 6. The molecule has 16 heavy (non-hydrogen) atoms. The summed E-state index contributed by atoms with van der Waals surface area (Å²) in [6.07, 6.45) is -5.20. The molecule has 0 N–H and O–H groups in total.